The highest BCUT2D eigenvalue weighted by Crippen LogP contribution is 2.36. The molecule has 9 heteroatoms. The molecule has 194 valence electrons. The topological polar surface area (TPSA) is 94.9 Å². The van der Waals surface area contributed by atoms with Crippen molar-refractivity contribution in [1.82, 2.24) is 24.7 Å². The number of aliphatic imine (C=N–C) groups is 1. The minimum atomic E-state index is -0.908. The van der Waals surface area contributed by atoms with Crippen LogP contribution in [-0.2, 0) is 0 Å². The molecule has 0 saturated heterocycles. The predicted octanol–water partition coefficient (Wildman–Crippen LogP) is 7.10. The number of rotatable bonds is 9. The standard InChI is InChI=1S/C28H33BrFN7/c1-4-6-18(2)25(30)21-9-7-20(8-10-21)15-35-28-23(17-36-37(28)26(31)19(3)29)22-11-12-24(34-16-22)27-32-13-5-14-33-27/h5,11-17,20-21,25H,2,4,6-10,31H2,1,3H3/b26-19+,35-15+. The Hall–Kier alpha value is -3.20. The van der Waals surface area contributed by atoms with Crippen molar-refractivity contribution in [1.29, 1.82) is 0 Å². The third kappa shape index (κ3) is 6.39. The van der Waals surface area contributed by atoms with Crippen LogP contribution < -0.4 is 5.73 Å². The third-order valence-corrected chi connectivity index (χ3v) is 7.20. The third-order valence-electron chi connectivity index (χ3n) is 6.79. The van der Waals surface area contributed by atoms with Gasteiger partial charge in [0.25, 0.3) is 0 Å². The number of nitrogens with zero attached hydrogens (tertiary/aromatic N) is 6. The molecule has 1 fully saturated rings. The van der Waals surface area contributed by atoms with Crippen LogP contribution in [0.5, 0.6) is 0 Å². The van der Waals surface area contributed by atoms with E-state index in [1.807, 2.05) is 25.3 Å². The summed E-state index contributed by atoms with van der Waals surface area (Å²) in [6.45, 7) is 7.89. The molecule has 0 aromatic carbocycles. The smallest absolute Gasteiger partial charge is 0.178 e. The van der Waals surface area contributed by atoms with Gasteiger partial charge in [0.05, 0.1) is 6.20 Å². The number of pyridine rings is 1. The van der Waals surface area contributed by atoms with Gasteiger partial charge in [0.15, 0.2) is 11.6 Å². The lowest BCUT2D eigenvalue weighted by molar-refractivity contribution is 0.196. The molecule has 3 aromatic rings. The zero-order valence-corrected chi connectivity index (χ0v) is 22.9. The zero-order valence-electron chi connectivity index (χ0n) is 21.3. The Kier molecular flexibility index (Phi) is 8.97. The van der Waals surface area contributed by atoms with Gasteiger partial charge in [-0.05, 0) is 68.6 Å². The van der Waals surface area contributed by atoms with Gasteiger partial charge < -0.3 is 5.73 Å². The molecule has 1 saturated carbocycles. The average molecular weight is 567 g/mol. The molecule has 3 aromatic heterocycles. The lowest BCUT2D eigenvalue weighted by Gasteiger charge is -2.29. The van der Waals surface area contributed by atoms with Crippen molar-refractivity contribution in [2.24, 2.45) is 22.6 Å². The van der Waals surface area contributed by atoms with Gasteiger partial charge in [0, 0.05) is 40.4 Å². The monoisotopic (exact) mass is 565 g/mol. The molecule has 1 atom stereocenters. The van der Waals surface area contributed by atoms with Crippen LogP contribution in [0.25, 0.3) is 28.5 Å². The largest absolute Gasteiger partial charge is 0.383 e. The number of hydrogen-bond donors (Lipinski definition) is 1. The maximum atomic E-state index is 14.8. The minimum absolute atomic E-state index is 0.0533. The zero-order chi connectivity index (χ0) is 26.4. The van der Waals surface area contributed by atoms with Crippen LogP contribution in [0.2, 0.25) is 0 Å². The molecule has 0 amide bonds. The number of allylic oxidation sites excluding steroid dienone is 2. The van der Waals surface area contributed by atoms with Crippen molar-refractivity contribution in [2.75, 3.05) is 0 Å². The highest BCUT2D eigenvalue weighted by atomic mass is 79.9. The van der Waals surface area contributed by atoms with Gasteiger partial charge in [0.2, 0.25) is 0 Å². The van der Waals surface area contributed by atoms with Gasteiger partial charge in [-0.3, -0.25) is 4.98 Å². The van der Waals surface area contributed by atoms with Crippen LogP contribution in [0.4, 0.5) is 10.2 Å². The molecule has 0 radical (unpaired) electrons. The van der Waals surface area contributed by atoms with Gasteiger partial charge in [-0.15, -0.1) is 0 Å². The summed E-state index contributed by atoms with van der Waals surface area (Å²) in [5.74, 6) is 1.97. The van der Waals surface area contributed by atoms with E-state index < -0.39 is 6.17 Å². The number of hydrogen-bond acceptors (Lipinski definition) is 6. The lowest BCUT2D eigenvalue weighted by Crippen LogP contribution is -2.24. The molecule has 1 aliphatic carbocycles. The first-order valence-corrected chi connectivity index (χ1v) is 13.5. The molecule has 2 N–H and O–H groups in total. The number of aromatic nitrogens is 5. The van der Waals surface area contributed by atoms with Crippen molar-refractivity contribution >= 4 is 33.8 Å². The Morgan fingerprint density at radius 2 is 1.95 bits per heavy atom. The van der Waals surface area contributed by atoms with E-state index in [1.54, 1.807) is 35.5 Å². The van der Waals surface area contributed by atoms with Crippen molar-refractivity contribution < 1.29 is 4.39 Å². The summed E-state index contributed by atoms with van der Waals surface area (Å²) >= 11 is 3.46. The predicted molar refractivity (Wildman–Crippen MR) is 151 cm³/mol. The fourth-order valence-corrected chi connectivity index (χ4v) is 4.83. The summed E-state index contributed by atoms with van der Waals surface area (Å²) in [6, 6.07) is 5.60. The average Bonchev–Trinajstić information content (AvgIpc) is 3.35. The quantitative estimate of drug-likeness (QED) is 0.220. The lowest BCUT2D eigenvalue weighted by atomic mass is 9.78. The molecule has 4 rings (SSSR count). The fraction of sp³-hybridized carbons (Fsp3) is 0.393. The first kappa shape index (κ1) is 26.9. The molecule has 0 spiro atoms. The second-order valence-electron chi connectivity index (χ2n) is 9.48. The van der Waals surface area contributed by atoms with Gasteiger partial charge in [-0.25, -0.2) is 19.4 Å². The Balaban J connectivity index is 1.55. The van der Waals surface area contributed by atoms with E-state index in [0.717, 1.165) is 59.7 Å². The maximum Gasteiger partial charge on any atom is 0.178 e. The Bertz CT molecular complexity index is 1260. The summed E-state index contributed by atoms with van der Waals surface area (Å²) in [5, 5.41) is 4.51. The SMILES string of the molecule is C=C(CCC)C(F)C1CCC(/C=N/c2c(-c3ccc(-c4ncccn4)nc3)cnn2/C(N)=C(\C)Br)CC1. The van der Waals surface area contributed by atoms with Crippen LogP contribution in [0.15, 0.2) is 64.6 Å². The molecule has 37 heavy (non-hydrogen) atoms. The van der Waals surface area contributed by atoms with E-state index >= 15 is 0 Å². The second-order valence-corrected chi connectivity index (χ2v) is 10.7. The van der Waals surface area contributed by atoms with Gasteiger partial charge in [-0.2, -0.15) is 9.78 Å². The number of nitrogens with two attached hydrogens (primary N) is 1. The molecule has 1 unspecified atom stereocenters. The minimum Gasteiger partial charge on any atom is -0.383 e. The van der Waals surface area contributed by atoms with Crippen LogP contribution in [-0.4, -0.2) is 37.1 Å². The maximum absolute atomic E-state index is 14.8. The van der Waals surface area contributed by atoms with Crippen LogP contribution in [0.3, 0.4) is 0 Å². The molecule has 0 aliphatic heterocycles. The van der Waals surface area contributed by atoms with E-state index in [-0.39, 0.29) is 11.8 Å². The van der Waals surface area contributed by atoms with Gasteiger partial charge in [-0.1, -0.05) is 41.9 Å². The summed E-state index contributed by atoms with van der Waals surface area (Å²) < 4.78 is 17.2. The van der Waals surface area contributed by atoms with Crippen molar-refractivity contribution in [3.63, 3.8) is 0 Å². The van der Waals surface area contributed by atoms with Gasteiger partial charge >= 0.3 is 0 Å². The first-order valence-electron chi connectivity index (χ1n) is 12.7. The number of alkyl halides is 1. The molecular weight excluding hydrogens is 533 g/mol. The normalized spacial score (nSPS) is 19.6. The van der Waals surface area contributed by atoms with E-state index in [1.165, 1.54) is 0 Å². The number of halogens is 2. The highest BCUT2D eigenvalue weighted by Gasteiger charge is 2.28. The summed E-state index contributed by atoms with van der Waals surface area (Å²) in [7, 11) is 0. The van der Waals surface area contributed by atoms with E-state index in [4.69, 9.17) is 10.7 Å². The summed E-state index contributed by atoms with van der Waals surface area (Å²) in [5.41, 5.74) is 9.41. The van der Waals surface area contributed by atoms with E-state index in [0.29, 0.717) is 23.2 Å². The Morgan fingerprint density at radius 1 is 1.22 bits per heavy atom. The van der Waals surface area contributed by atoms with E-state index in [2.05, 4.69) is 49.5 Å². The highest BCUT2D eigenvalue weighted by molar-refractivity contribution is 9.11. The first-order chi connectivity index (χ1) is 17.9. The Morgan fingerprint density at radius 3 is 2.57 bits per heavy atom. The molecule has 1 aliphatic rings. The van der Waals surface area contributed by atoms with Crippen LogP contribution >= 0.6 is 15.9 Å². The summed E-state index contributed by atoms with van der Waals surface area (Å²) in [6.07, 6.45) is 13.1. The van der Waals surface area contributed by atoms with Crippen LogP contribution in [0.1, 0.15) is 52.4 Å². The fourth-order valence-electron chi connectivity index (χ4n) is 4.66. The van der Waals surface area contributed by atoms with Crippen molar-refractivity contribution in [3.05, 3.63) is 59.6 Å². The van der Waals surface area contributed by atoms with Crippen LogP contribution in [0, 0.1) is 11.8 Å². The van der Waals surface area contributed by atoms with Crippen molar-refractivity contribution in [3.8, 4) is 22.6 Å². The Labute approximate surface area is 226 Å². The molecule has 7 nitrogen and oxygen atoms in total. The molecular formula is C28H33BrFN7. The van der Waals surface area contributed by atoms with Crippen molar-refractivity contribution in [2.45, 2.75) is 58.5 Å². The molecule has 3 heterocycles. The second kappa shape index (κ2) is 12.4. The van der Waals surface area contributed by atoms with Gasteiger partial charge in [0.1, 0.15) is 17.7 Å². The molecule has 0 bridgehead atoms. The summed E-state index contributed by atoms with van der Waals surface area (Å²) in [4.78, 5) is 17.9. The van der Waals surface area contributed by atoms with E-state index in [9.17, 15) is 4.39 Å².